The number of sulfone groups is 1. The van der Waals surface area contributed by atoms with Crippen molar-refractivity contribution in [2.75, 3.05) is 23.9 Å². The minimum Gasteiger partial charge on any atom is -0.484 e. The van der Waals surface area contributed by atoms with Gasteiger partial charge in [-0.25, -0.2) is 13.4 Å². The maximum absolute atomic E-state index is 13.6. The van der Waals surface area contributed by atoms with E-state index in [-0.39, 0.29) is 35.1 Å². The number of anilines is 1. The maximum atomic E-state index is 13.6. The summed E-state index contributed by atoms with van der Waals surface area (Å²) in [4.78, 5) is 30.0. The van der Waals surface area contributed by atoms with E-state index in [1.165, 1.54) is 12.1 Å². The number of hydrogen-bond acceptors (Lipinski definition) is 7. The van der Waals surface area contributed by atoms with Crippen LogP contribution in [-0.2, 0) is 39.2 Å². The van der Waals surface area contributed by atoms with E-state index in [0.717, 1.165) is 23.1 Å². The fraction of sp³-hybridized carbons (Fsp3) is 0.385. The van der Waals surface area contributed by atoms with Crippen molar-refractivity contribution in [3.8, 4) is 11.6 Å². The Morgan fingerprint density at radius 1 is 1.16 bits per heavy atom. The molecule has 1 spiro atoms. The maximum Gasteiger partial charge on any atom is 0.422 e. The summed E-state index contributed by atoms with van der Waals surface area (Å²) in [6.07, 6.45) is -6.31. The van der Waals surface area contributed by atoms with Crippen molar-refractivity contribution in [2.45, 2.75) is 43.6 Å². The summed E-state index contributed by atoms with van der Waals surface area (Å²) in [5.74, 6) is -3.13. The summed E-state index contributed by atoms with van der Waals surface area (Å²) in [7, 11) is -3.79. The monoisotopic (exact) mass is 631 g/mol. The molecule has 0 radical (unpaired) electrons. The molecule has 1 aliphatic heterocycles. The number of ether oxygens (including phenoxy) is 1. The van der Waals surface area contributed by atoms with Gasteiger partial charge in [0.25, 0.3) is 5.91 Å². The lowest BCUT2D eigenvalue weighted by atomic mass is 9.72. The lowest BCUT2D eigenvalue weighted by Gasteiger charge is -2.42. The summed E-state index contributed by atoms with van der Waals surface area (Å²) in [5.41, 5.74) is -0.801. The number of carbonyl (C=O) groups excluding carboxylic acids is 2. The third kappa shape index (κ3) is 6.45. The van der Waals surface area contributed by atoms with Crippen LogP contribution >= 0.6 is 0 Å². The first-order valence-corrected chi connectivity index (χ1v) is 14.8. The molecule has 3 aromatic rings. The van der Waals surface area contributed by atoms with Crippen molar-refractivity contribution in [1.82, 2.24) is 20.1 Å². The molecule has 43 heavy (non-hydrogen) atoms. The largest absolute Gasteiger partial charge is 0.484 e. The van der Waals surface area contributed by atoms with Crippen molar-refractivity contribution in [1.29, 1.82) is 0 Å². The van der Waals surface area contributed by atoms with E-state index in [0.29, 0.717) is 36.6 Å². The molecule has 10 nitrogen and oxygen atoms in total. The van der Waals surface area contributed by atoms with Gasteiger partial charge in [0.2, 0.25) is 5.91 Å². The number of aromatic nitrogens is 3. The fourth-order valence-corrected chi connectivity index (χ4v) is 5.88. The third-order valence-corrected chi connectivity index (χ3v) is 7.78. The topological polar surface area (TPSA) is 132 Å². The van der Waals surface area contributed by atoms with Crippen LogP contribution in [0.15, 0.2) is 36.5 Å². The molecule has 5 rings (SSSR count). The molecule has 2 aliphatic rings. The quantitative estimate of drug-likeness (QED) is 0.397. The number of alkyl halides is 6. The number of pyridine rings is 1. The van der Waals surface area contributed by atoms with Crippen LogP contribution in [0.1, 0.15) is 45.6 Å². The highest BCUT2D eigenvalue weighted by Crippen LogP contribution is 2.43. The fourth-order valence-electron chi connectivity index (χ4n) is 5.33. The summed E-state index contributed by atoms with van der Waals surface area (Å²) in [5, 5.41) is 9.68. The molecule has 0 saturated carbocycles. The molecule has 2 amide bonds. The molecule has 17 heteroatoms. The van der Waals surface area contributed by atoms with Gasteiger partial charge in [-0.05, 0) is 54.7 Å². The SMILES string of the molecule is CS(=O)(=O)CC(=O)Nc1c2c(nn1-c1ccc(C(F)(F)F)cn1)C[C@]1(CCCc3cc(OCC(F)(F)F)ccc31)NC2=O. The Morgan fingerprint density at radius 3 is 2.53 bits per heavy atom. The molecule has 0 unspecified atom stereocenters. The van der Waals surface area contributed by atoms with Crippen LogP contribution in [0.4, 0.5) is 32.2 Å². The molecule has 0 fully saturated rings. The second kappa shape index (κ2) is 10.5. The van der Waals surface area contributed by atoms with Crippen LogP contribution in [-0.4, -0.2) is 59.8 Å². The van der Waals surface area contributed by atoms with Gasteiger partial charge in [-0.3, -0.25) is 9.59 Å². The van der Waals surface area contributed by atoms with Crippen LogP contribution in [0, 0.1) is 0 Å². The van der Waals surface area contributed by atoms with Crippen LogP contribution in [0.25, 0.3) is 5.82 Å². The lowest BCUT2D eigenvalue weighted by Crippen LogP contribution is -2.52. The standard InChI is InChI=1S/C26H23F6N5O5S/c1-43(40,41)12-20(38)34-22-21-18(36-37(22)19-7-4-15(11-33-19)26(30,31)32)10-24(35-23(21)39)8-2-3-14-9-16(5-6-17(14)24)42-13-25(27,28)29/h4-7,9,11H,2-3,8,10,12-13H2,1H3,(H,34,38)(H,35,39)/t24-/m0/s1. The average molecular weight is 632 g/mol. The number of fused-ring (bicyclic) bond motifs is 3. The number of halogens is 6. The number of hydrogen-bond donors (Lipinski definition) is 2. The zero-order valence-electron chi connectivity index (χ0n) is 22.3. The second-order valence-electron chi connectivity index (χ2n) is 10.4. The van der Waals surface area contributed by atoms with Crippen LogP contribution in [0.5, 0.6) is 5.75 Å². The molecule has 2 aromatic heterocycles. The lowest BCUT2D eigenvalue weighted by molar-refractivity contribution is -0.153. The molecule has 0 saturated heterocycles. The van der Waals surface area contributed by atoms with Gasteiger partial charge in [0, 0.05) is 18.9 Å². The van der Waals surface area contributed by atoms with Gasteiger partial charge in [-0.15, -0.1) is 0 Å². The highest BCUT2D eigenvalue weighted by Gasteiger charge is 2.45. The van der Waals surface area contributed by atoms with Crippen molar-refractivity contribution in [3.05, 3.63) is 64.5 Å². The molecule has 0 bridgehead atoms. The van der Waals surface area contributed by atoms with Gasteiger partial charge < -0.3 is 15.4 Å². The van der Waals surface area contributed by atoms with E-state index in [9.17, 15) is 44.3 Å². The van der Waals surface area contributed by atoms with Crippen LogP contribution in [0.3, 0.4) is 0 Å². The van der Waals surface area contributed by atoms with Crippen LogP contribution in [0.2, 0.25) is 0 Å². The average Bonchev–Trinajstić information content (AvgIpc) is 3.23. The number of nitrogens with zero attached hydrogens (tertiary/aromatic N) is 3. The third-order valence-electron chi connectivity index (χ3n) is 6.99. The van der Waals surface area contributed by atoms with E-state index < -0.39 is 57.5 Å². The predicted molar refractivity (Wildman–Crippen MR) is 138 cm³/mol. The smallest absolute Gasteiger partial charge is 0.422 e. The number of benzene rings is 1. The molecule has 1 atom stereocenters. The first kappa shape index (κ1) is 30.3. The Bertz CT molecular complexity index is 1700. The Kier molecular flexibility index (Phi) is 7.43. The minimum absolute atomic E-state index is 0.00415. The van der Waals surface area contributed by atoms with E-state index in [1.54, 1.807) is 6.07 Å². The van der Waals surface area contributed by atoms with Gasteiger partial charge in [-0.1, -0.05) is 6.07 Å². The Labute approximate surface area is 240 Å². The molecule has 3 heterocycles. The van der Waals surface area contributed by atoms with E-state index in [1.807, 2.05) is 0 Å². The molecule has 2 N–H and O–H groups in total. The first-order valence-electron chi connectivity index (χ1n) is 12.7. The van der Waals surface area contributed by atoms with Crippen molar-refractivity contribution >= 4 is 27.5 Å². The predicted octanol–water partition coefficient (Wildman–Crippen LogP) is 3.73. The van der Waals surface area contributed by atoms with Crippen LogP contribution < -0.4 is 15.4 Å². The molecule has 1 aliphatic carbocycles. The Morgan fingerprint density at radius 2 is 1.91 bits per heavy atom. The number of nitrogens with one attached hydrogen (secondary N) is 2. The molecular weight excluding hydrogens is 608 g/mol. The van der Waals surface area contributed by atoms with Gasteiger partial charge >= 0.3 is 12.4 Å². The molecule has 1 aromatic carbocycles. The van der Waals surface area contributed by atoms with Crippen molar-refractivity contribution in [2.24, 2.45) is 0 Å². The van der Waals surface area contributed by atoms with Gasteiger partial charge in [0.15, 0.2) is 28.1 Å². The van der Waals surface area contributed by atoms with Crippen molar-refractivity contribution < 1.29 is 49.1 Å². The number of rotatable bonds is 6. The number of amides is 2. The zero-order chi connectivity index (χ0) is 31.4. The van der Waals surface area contributed by atoms with E-state index in [2.05, 4.69) is 20.7 Å². The summed E-state index contributed by atoms with van der Waals surface area (Å²) in [6.45, 7) is -1.47. The summed E-state index contributed by atoms with van der Waals surface area (Å²) >= 11 is 0. The summed E-state index contributed by atoms with van der Waals surface area (Å²) < 4.78 is 107. The van der Waals surface area contributed by atoms with Gasteiger partial charge in [0.05, 0.1) is 16.8 Å². The second-order valence-corrected chi connectivity index (χ2v) is 12.5. The zero-order valence-corrected chi connectivity index (χ0v) is 23.1. The molecule has 230 valence electrons. The van der Waals surface area contributed by atoms with Gasteiger partial charge in [-0.2, -0.15) is 36.1 Å². The minimum atomic E-state index is -4.68. The number of carbonyl (C=O) groups is 2. The Balaban J connectivity index is 1.55. The highest BCUT2D eigenvalue weighted by molar-refractivity contribution is 7.91. The molecular formula is C26H23F6N5O5S. The summed E-state index contributed by atoms with van der Waals surface area (Å²) in [6, 6.07) is 6.13. The normalized spacial score (nSPS) is 18.5. The van der Waals surface area contributed by atoms with E-state index >= 15 is 0 Å². The Hall–Kier alpha value is -4.15. The number of aryl methyl sites for hydroxylation is 1. The highest BCUT2D eigenvalue weighted by atomic mass is 32.2. The van der Waals surface area contributed by atoms with Crippen molar-refractivity contribution in [3.63, 3.8) is 0 Å². The van der Waals surface area contributed by atoms with Gasteiger partial charge in [0.1, 0.15) is 17.1 Å². The van der Waals surface area contributed by atoms with E-state index in [4.69, 9.17) is 4.74 Å². The first-order chi connectivity index (χ1) is 19.9.